The van der Waals surface area contributed by atoms with Crippen molar-refractivity contribution in [2.45, 2.75) is 13.3 Å². The molecule has 0 saturated carbocycles. The van der Waals surface area contributed by atoms with E-state index in [0.29, 0.717) is 17.8 Å². The van der Waals surface area contributed by atoms with Crippen molar-refractivity contribution in [2.24, 2.45) is 0 Å². The van der Waals surface area contributed by atoms with Gasteiger partial charge in [0.25, 0.3) is 5.56 Å². The number of rotatable bonds is 1. The van der Waals surface area contributed by atoms with Crippen LogP contribution < -0.4 is 11.3 Å². The van der Waals surface area contributed by atoms with Gasteiger partial charge in [-0.15, -0.1) is 0 Å². The predicted molar refractivity (Wildman–Crippen MR) is 38.6 cm³/mol. The molecule has 0 spiro atoms. The molecule has 4 nitrogen and oxygen atoms in total. The Hall–Kier alpha value is -1.32. The van der Waals surface area contributed by atoms with Crippen molar-refractivity contribution in [1.82, 2.24) is 10.2 Å². The molecule has 0 aliphatic heterocycles. The highest BCUT2D eigenvalue weighted by Gasteiger charge is 1.95. The number of hydrogen-bond acceptors (Lipinski definition) is 3. The van der Waals surface area contributed by atoms with Crippen molar-refractivity contribution in [1.29, 1.82) is 0 Å². The van der Waals surface area contributed by atoms with Crippen molar-refractivity contribution >= 4 is 5.82 Å². The van der Waals surface area contributed by atoms with Gasteiger partial charge in [-0.2, -0.15) is 5.10 Å². The summed E-state index contributed by atoms with van der Waals surface area (Å²) < 4.78 is 0. The molecule has 0 unspecified atom stereocenters. The molecule has 1 aromatic rings. The van der Waals surface area contributed by atoms with E-state index in [1.54, 1.807) is 6.07 Å². The molecule has 0 fully saturated rings. The smallest absolute Gasteiger partial charge is 0.267 e. The Morgan fingerprint density at radius 1 is 1.80 bits per heavy atom. The highest BCUT2D eigenvalue weighted by molar-refractivity contribution is 5.29. The third-order valence-electron chi connectivity index (χ3n) is 1.28. The van der Waals surface area contributed by atoms with E-state index in [0.717, 1.165) is 0 Å². The molecule has 0 amide bonds. The third-order valence-corrected chi connectivity index (χ3v) is 1.28. The molecule has 1 aromatic heterocycles. The van der Waals surface area contributed by atoms with E-state index in [1.807, 2.05) is 6.92 Å². The topological polar surface area (TPSA) is 71.8 Å². The third kappa shape index (κ3) is 1.15. The van der Waals surface area contributed by atoms with Crippen LogP contribution in [0.4, 0.5) is 5.82 Å². The number of nitrogens with one attached hydrogen (secondary N) is 1. The van der Waals surface area contributed by atoms with Crippen LogP contribution in [-0.4, -0.2) is 10.2 Å². The van der Waals surface area contributed by atoms with Crippen LogP contribution in [0, 0.1) is 0 Å². The van der Waals surface area contributed by atoms with Gasteiger partial charge in [0, 0.05) is 5.56 Å². The van der Waals surface area contributed by atoms with Gasteiger partial charge in [0.05, 0.1) is 0 Å². The Morgan fingerprint density at radius 3 is 3.00 bits per heavy atom. The largest absolute Gasteiger partial charge is 0.382 e. The minimum absolute atomic E-state index is 0.156. The van der Waals surface area contributed by atoms with E-state index in [9.17, 15) is 4.79 Å². The molecule has 1 rings (SSSR count). The van der Waals surface area contributed by atoms with Crippen molar-refractivity contribution in [2.75, 3.05) is 5.73 Å². The lowest BCUT2D eigenvalue weighted by atomic mass is 10.2. The number of nitrogens with zero attached hydrogens (tertiary/aromatic N) is 1. The first-order chi connectivity index (χ1) is 4.74. The molecule has 0 saturated heterocycles. The second-order valence-corrected chi connectivity index (χ2v) is 2.00. The highest BCUT2D eigenvalue weighted by atomic mass is 16.1. The molecule has 0 aliphatic rings. The summed E-state index contributed by atoms with van der Waals surface area (Å²) in [6.07, 6.45) is 0.683. The molecule has 0 aromatic carbocycles. The first-order valence-corrected chi connectivity index (χ1v) is 3.08. The standard InChI is InChI=1S/C6H9N3O/c1-2-4-3-5(7)8-9-6(4)10/h3H,2H2,1H3,(H2,7,8)(H,9,10). The van der Waals surface area contributed by atoms with Gasteiger partial charge in [-0.1, -0.05) is 6.92 Å². The van der Waals surface area contributed by atoms with E-state index in [4.69, 9.17) is 5.73 Å². The second kappa shape index (κ2) is 2.51. The maximum atomic E-state index is 10.8. The van der Waals surface area contributed by atoms with Gasteiger partial charge in [-0.05, 0) is 12.5 Å². The molecule has 0 radical (unpaired) electrons. The second-order valence-electron chi connectivity index (χ2n) is 2.00. The normalized spacial score (nSPS) is 9.70. The number of nitrogens with two attached hydrogens (primary N) is 1. The molecule has 0 atom stereocenters. The van der Waals surface area contributed by atoms with Crippen molar-refractivity contribution < 1.29 is 0 Å². The lowest BCUT2D eigenvalue weighted by molar-refractivity contribution is 0.947. The van der Waals surface area contributed by atoms with Gasteiger partial charge in [0.15, 0.2) is 0 Å². The molecule has 3 N–H and O–H groups in total. The van der Waals surface area contributed by atoms with E-state index in [2.05, 4.69) is 10.2 Å². The highest BCUT2D eigenvalue weighted by Crippen LogP contribution is 1.94. The van der Waals surface area contributed by atoms with Gasteiger partial charge >= 0.3 is 0 Å². The summed E-state index contributed by atoms with van der Waals surface area (Å²) in [4.78, 5) is 10.8. The number of hydrogen-bond donors (Lipinski definition) is 2. The number of nitrogen functional groups attached to an aromatic ring is 1. The SMILES string of the molecule is CCc1cc(N)n[nH]c1=O. The monoisotopic (exact) mass is 139 g/mol. The van der Waals surface area contributed by atoms with Crippen LogP contribution in [0.2, 0.25) is 0 Å². The first kappa shape index (κ1) is 6.80. The average Bonchev–Trinajstić information content (AvgIpc) is 1.94. The van der Waals surface area contributed by atoms with Crippen LogP contribution in [0.5, 0.6) is 0 Å². The number of H-pyrrole nitrogens is 1. The molecular formula is C6H9N3O. The molecule has 4 heteroatoms. The lowest BCUT2D eigenvalue weighted by Gasteiger charge is -1.93. The molecule has 0 bridgehead atoms. The van der Waals surface area contributed by atoms with E-state index in [-0.39, 0.29) is 5.56 Å². The van der Waals surface area contributed by atoms with Crippen LogP contribution in [0.25, 0.3) is 0 Å². The first-order valence-electron chi connectivity index (χ1n) is 3.08. The molecular weight excluding hydrogens is 130 g/mol. The lowest BCUT2D eigenvalue weighted by Crippen LogP contribution is -2.14. The fourth-order valence-corrected chi connectivity index (χ4v) is 0.726. The summed E-state index contributed by atoms with van der Waals surface area (Å²) in [5.74, 6) is 0.358. The maximum Gasteiger partial charge on any atom is 0.267 e. The Morgan fingerprint density at radius 2 is 2.50 bits per heavy atom. The van der Waals surface area contributed by atoms with Crippen LogP contribution in [0.1, 0.15) is 12.5 Å². The molecule has 0 aliphatic carbocycles. The fraction of sp³-hybridized carbons (Fsp3) is 0.333. The summed E-state index contributed by atoms with van der Waals surface area (Å²) in [7, 11) is 0. The number of aromatic amines is 1. The van der Waals surface area contributed by atoms with Crippen LogP contribution in [0.15, 0.2) is 10.9 Å². The van der Waals surface area contributed by atoms with Crippen LogP contribution in [0.3, 0.4) is 0 Å². The molecule has 10 heavy (non-hydrogen) atoms. The van der Waals surface area contributed by atoms with E-state index in [1.165, 1.54) is 0 Å². The zero-order valence-electron chi connectivity index (χ0n) is 5.72. The van der Waals surface area contributed by atoms with Gasteiger partial charge < -0.3 is 5.73 Å². The number of anilines is 1. The summed E-state index contributed by atoms with van der Waals surface area (Å²) in [6, 6.07) is 1.58. The van der Waals surface area contributed by atoms with Gasteiger partial charge in [0.2, 0.25) is 0 Å². The Bertz CT molecular complexity index is 279. The zero-order chi connectivity index (χ0) is 7.56. The van der Waals surface area contributed by atoms with Crippen molar-refractivity contribution in [3.05, 3.63) is 22.0 Å². The zero-order valence-corrected chi connectivity index (χ0v) is 5.72. The number of aryl methyl sites for hydroxylation is 1. The minimum Gasteiger partial charge on any atom is -0.382 e. The average molecular weight is 139 g/mol. The minimum atomic E-state index is -0.156. The molecule has 54 valence electrons. The molecule has 1 heterocycles. The Labute approximate surface area is 58.1 Å². The van der Waals surface area contributed by atoms with Gasteiger partial charge in [-0.3, -0.25) is 4.79 Å². The maximum absolute atomic E-state index is 10.8. The van der Waals surface area contributed by atoms with Crippen LogP contribution >= 0.6 is 0 Å². The Kier molecular flexibility index (Phi) is 1.71. The van der Waals surface area contributed by atoms with Gasteiger partial charge in [0.1, 0.15) is 5.82 Å². The van der Waals surface area contributed by atoms with Gasteiger partial charge in [-0.25, -0.2) is 5.10 Å². The van der Waals surface area contributed by atoms with E-state index >= 15 is 0 Å². The quantitative estimate of drug-likeness (QED) is 0.571. The summed E-state index contributed by atoms with van der Waals surface area (Å²) in [5.41, 5.74) is 5.84. The van der Waals surface area contributed by atoms with E-state index < -0.39 is 0 Å². The summed E-state index contributed by atoms with van der Waals surface area (Å²) in [5, 5.41) is 5.82. The summed E-state index contributed by atoms with van der Waals surface area (Å²) >= 11 is 0. The predicted octanol–water partition coefficient (Wildman–Crippen LogP) is -0.0855. The van der Waals surface area contributed by atoms with Crippen LogP contribution in [-0.2, 0) is 6.42 Å². The van der Waals surface area contributed by atoms with Crippen molar-refractivity contribution in [3.63, 3.8) is 0 Å². The fourth-order valence-electron chi connectivity index (χ4n) is 0.726. The van der Waals surface area contributed by atoms with Crippen molar-refractivity contribution in [3.8, 4) is 0 Å². The Balaban J connectivity index is 3.22. The summed E-state index contributed by atoms with van der Waals surface area (Å²) in [6.45, 7) is 1.89. The number of aromatic nitrogens is 2.